The zero-order valence-electron chi connectivity index (χ0n) is 10.8. The molecule has 0 spiro atoms. The molecule has 2 fully saturated rings. The molecule has 2 aliphatic rings. The maximum absolute atomic E-state index is 9.71. The third-order valence-corrected chi connectivity index (χ3v) is 4.59. The highest BCUT2D eigenvalue weighted by Gasteiger charge is 2.37. The summed E-state index contributed by atoms with van der Waals surface area (Å²) in [6, 6.07) is 0. The molecule has 0 aromatic rings. The minimum absolute atomic E-state index is 0.0514. The van der Waals surface area contributed by atoms with Crippen LogP contribution < -0.4 is 5.32 Å². The first-order chi connectivity index (χ1) is 7.65. The molecular formula is C14H27NO. The number of nitrogens with one attached hydrogen (secondary N) is 1. The van der Waals surface area contributed by atoms with Gasteiger partial charge in [0.25, 0.3) is 0 Å². The Bertz CT molecular complexity index is 225. The van der Waals surface area contributed by atoms with Gasteiger partial charge in [0, 0.05) is 5.54 Å². The monoisotopic (exact) mass is 225 g/mol. The average Bonchev–Trinajstić information content (AvgIpc) is 3.10. The Labute approximate surface area is 99.8 Å². The molecule has 0 aromatic heterocycles. The third-order valence-electron chi connectivity index (χ3n) is 4.59. The molecule has 0 saturated heterocycles. The minimum Gasteiger partial charge on any atom is -0.394 e. The van der Waals surface area contributed by atoms with Crippen molar-refractivity contribution >= 4 is 0 Å². The standard InChI is InChI=1S/C14H27NO/c1-11(2)13-4-3-7-14(8-13,10-16)15-9-12-5-6-12/h11-13,15-16H,3-10H2,1-2H3. The van der Waals surface area contributed by atoms with E-state index in [1.807, 2.05) is 0 Å². The fraction of sp³-hybridized carbons (Fsp3) is 1.00. The van der Waals surface area contributed by atoms with E-state index in [2.05, 4.69) is 19.2 Å². The topological polar surface area (TPSA) is 32.3 Å². The van der Waals surface area contributed by atoms with Crippen molar-refractivity contribution in [2.24, 2.45) is 17.8 Å². The van der Waals surface area contributed by atoms with Crippen molar-refractivity contribution in [1.29, 1.82) is 0 Å². The van der Waals surface area contributed by atoms with E-state index in [9.17, 15) is 5.11 Å². The molecular weight excluding hydrogens is 198 g/mol. The van der Waals surface area contributed by atoms with Crippen LogP contribution in [0.25, 0.3) is 0 Å². The summed E-state index contributed by atoms with van der Waals surface area (Å²) in [4.78, 5) is 0. The molecule has 2 nitrogen and oxygen atoms in total. The van der Waals surface area contributed by atoms with Crippen molar-refractivity contribution in [3.05, 3.63) is 0 Å². The SMILES string of the molecule is CC(C)C1CCCC(CO)(NCC2CC2)C1. The van der Waals surface area contributed by atoms with Crippen LogP contribution in [0.5, 0.6) is 0 Å². The first-order valence-corrected chi connectivity index (χ1v) is 7.01. The van der Waals surface area contributed by atoms with Gasteiger partial charge in [0.1, 0.15) is 0 Å². The van der Waals surface area contributed by atoms with Crippen molar-refractivity contribution in [2.45, 2.75) is 57.9 Å². The van der Waals surface area contributed by atoms with Gasteiger partial charge in [0.2, 0.25) is 0 Å². The molecule has 0 bridgehead atoms. The van der Waals surface area contributed by atoms with E-state index in [1.54, 1.807) is 0 Å². The Hall–Kier alpha value is -0.0800. The van der Waals surface area contributed by atoms with Crippen molar-refractivity contribution < 1.29 is 5.11 Å². The van der Waals surface area contributed by atoms with Gasteiger partial charge in [-0.05, 0) is 50.0 Å². The van der Waals surface area contributed by atoms with Crippen LogP contribution in [0.3, 0.4) is 0 Å². The summed E-state index contributed by atoms with van der Waals surface area (Å²) in [5, 5.41) is 13.4. The van der Waals surface area contributed by atoms with Crippen LogP contribution in [-0.2, 0) is 0 Å². The molecule has 2 heteroatoms. The zero-order chi connectivity index (χ0) is 11.6. The predicted molar refractivity (Wildman–Crippen MR) is 67.3 cm³/mol. The molecule has 0 aromatic carbocycles. The highest BCUT2D eigenvalue weighted by Crippen LogP contribution is 2.37. The molecule has 2 atom stereocenters. The van der Waals surface area contributed by atoms with Crippen molar-refractivity contribution in [3.8, 4) is 0 Å². The maximum Gasteiger partial charge on any atom is 0.0613 e. The zero-order valence-corrected chi connectivity index (χ0v) is 10.8. The highest BCUT2D eigenvalue weighted by atomic mass is 16.3. The number of hydrogen-bond acceptors (Lipinski definition) is 2. The summed E-state index contributed by atoms with van der Waals surface area (Å²) >= 11 is 0. The predicted octanol–water partition coefficient (Wildman–Crippen LogP) is 2.56. The quantitative estimate of drug-likeness (QED) is 0.753. The number of aliphatic hydroxyl groups excluding tert-OH is 1. The first-order valence-electron chi connectivity index (χ1n) is 7.01. The van der Waals surface area contributed by atoms with Gasteiger partial charge in [-0.15, -0.1) is 0 Å². The molecule has 0 heterocycles. The normalized spacial score (nSPS) is 35.6. The number of aliphatic hydroxyl groups is 1. The fourth-order valence-corrected chi connectivity index (χ4v) is 3.02. The van der Waals surface area contributed by atoms with Crippen molar-refractivity contribution in [1.82, 2.24) is 5.32 Å². The van der Waals surface area contributed by atoms with Gasteiger partial charge in [-0.3, -0.25) is 0 Å². The minimum atomic E-state index is 0.0514. The van der Waals surface area contributed by atoms with Gasteiger partial charge in [-0.2, -0.15) is 0 Å². The Balaban J connectivity index is 1.89. The lowest BCUT2D eigenvalue weighted by Crippen LogP contribution is -2.52. The molecule has 0 radical (unpaired) electrons. The molecule has 0 aliphatic heterocycles. The first kappa shape index (κ1) is 12.4. The van der Waals surface area contributed by atoms with E-state index in [0.29, 0.717) is 6.61 Å². The molecule has 2 rings (SSSR count). The average molecular weight is 225 g/mol. The van der Waals surface area contributed by atoms with Crippen LogP contribution >= 0.6 is 0 Å². The second kappa shape index (κ2) is 5.05. The molecule has 2 saturated carbocycles. The number of hydrogen-bond donors (Lipinski definition) is 2. The van der Waals surface area contributed by atoms with Crippen LogP contribution in [0.1, 0.15) is 52.4 Å². The molecule has 94 valence electrons. The Morgan fingerprint density at radius 1 is 1.31 bits per heavy atom. The van der Waals surface area contributed by atoms with E-state index in [-0.39, 0.29) is 5.54 Å². The van der Waals surface area contributed by atoms with Gasteiger partial charge < -0.3 is 10.4 Å². The van der Waals surface area contributed by atoms with Crippen LogP contribution in [0.15, 0.2) is 0 Å². The van der Waals surface area contributed by atoms with Gasteiger partial charge in [-0.25, -0.2) is 0 Å². The van der Waals surface area contributed by atoms with E-state index >= 15 is 0 Å². The molecule has 2 N–H and O–H groups in total. The van der Waals surface area contributed by atoms with Gasteiger partial charge in [-0.1, -0.05) is 26.7 Å². The van der Waals surface area contributed by atoms with E-state index in [4.69, 9.17) is 0 Å². The van der Waals surface area contributed by atoms with Crippen LogP contribution in [-0.4, -0.2) is 23.8 Å². The summed E-state index contributed by atoms with van der Waals surface area (Å²) in [5.74, 6) is 2.46. The van der Waals surface area contributed by atoms with Gasteiger partial charge >= 0.3 is 0 Å². The van der Waals surface area contributed by atoms with Gasteiger partial charge in [0.05, 0.1) is 6.61 Å². The lowest BCUT2D eigenvalue weighted by molar-refractivity contribution is 0.0804. The number of rotatable bonds is 5. The maximum atomic E-state index is 9.71. The molecule has 2 unspecified atom stereocenters. The van der Waals surface area contributed by atoms with E-state index < -0.39 is 0 Å². The largest absolute Gasteiger partial charge is 0.394 e. The third kappa shape index (κ3) is 2.98. The van der Waals surface area contributed by atoms with Crippen LogP contribution in [0, 0.1) is 17.8 Å². The highest BCUT2D eigenvalue weighted by molar-refractivity contribution is 4.95. The smallest absolute Gasteiger partial charge is 0.0613 e. The van der Waals surface area contributed by atoms with Crippen LogP contribution in [0.2, 0.25) is 0 Å². The summed E-state index contributed by atoms with van der Waals surface area (Å²) < 4.78 is 0. The van der Waals surface area contributed by atoms with Crippen molar-refractivity contribution in [3.63, 3.8) is 0 Å². The summed E-state index contributed by atoms with van der Waals surface area (Å²) in [5.41, 5.74) is 0.0514. The van der Waals surface area contributed by atoms with E-state index in [0.717, 1.165) is 24.3 Å². The van der Waals surface area contributed by atoms with E-state index in [1.165, 1.54) is 38.5 Å². The summed E-state index contributed by atoms with van der Waals surface area (Å²) in [7, 11) is 0. The molecule has 0 amide bonds. The van der Waals surface area contributed by atoms with Crippen molar-refractivity contribution in [2.75, 3.05) is 13.2 Å². The Kier molecular flexibility index (Phi) is 3.91. The fourth-order valence-electron chi connectivity index (χ4n) is 3.02. The lowest BCUT2D eigenvalue weighted by atomic mass is 9.72. The molecule has 2 aliphatic carbocycles. The lowest BCUT2D eigenvalue weighted by Gasteiger charge is -2.42. The Morgan fingerprint density at radius 2 is 2.06 bits per heavy atom. The summed E-state index contributed by atoms with van der Waals surface area (Å²) in [6.07, 6.45) is 7.75. The molecule has 16 heavy (non-hydrogen) atoms. The Morgan fingerprint density at radius 3 is 2.62 bits per heavy atom. The van der Waals surface area contributed by atoms with Gasteiger partial charge in [0.15, 0.2) is 0 Å². The summed E-state index contributed by atoms with van der Waals surface area (Å²) in [6.45, 7) is 6.09. The second-order valence-corrected chi connectivity index (χ2v) is 6.36. The second-order valence-electron chi connectivity index (χ2n) is 6.36. The van der Waals surface area contributed by atoms with Crippen LogP contribution in [0.4, 0.5) is 0 Å².